The zero-order valence-electron chi connectivity index (χ0n) is 10.7. The minimum atomic E-state index is 0.223. The van der Waals surface area contributed by atoms with Crippen LogP contribution in [0.2, 0.25) is 0 Å². The van der Waals surface area contributed by atoms with Crippen molar-refractivity contribution in [2.45, 2.75) is 38.5 Å². The maximum atomic E-state index is 6.33. The van der Waals surface area contributed by atoms with Gasteiger partial charge in [0.2, 0.25) is 0 Å². The van der Waals surface area contributed by atoms with Gasteiger partial charge in [-0.25, -0.2) is 9.97 Å². The minimum Gasteiger partial charge on any atom is -0.355 e. The third-order valence-corrected chi connectivity index (χ3v) is 4.02. The molecule has 3 nitrogen and oxygen atoms in total. The highest BCUT2D eigenvalue weighted by Gasteiger charge is 2.25. The lowest BCUT2D eigenvalue weighted by Gasteiger charge is -2.34. The van der Waals surface area contributed by atoms with Crippen LogP contribution in [0.3, 0.4) is 0 Å². The molecule has 1 saturated heterocycles. The summed E-state index contributed by atoms with van der Waals surface area (Å²) in [6.07, 6.45) is 2.79. The summed E-state index contributed by atoms with van der Waals surface area (Å²) in [6, 6.07) is 2.09. The van der Waals surface area contributed by atoms with Crippen molar-refractivity contribution in [3.8, 4) is 0 Å². The van der Waals surface area contributed by atoms with Crippen LogP contribution in [0, 0.1) is 5.92 Å². The van der Waals surface area contributed by atoms with Gasteiger partial charge in [0.25, 0.3) is 0 Å². The van der Waals surface area contributed by atoms with E-state index in [0.29, 0.717) is 11.8 Å². The van der Waals surface area contributed by atoms with Crippen molar-refractivity contribution < 1.29 is 0 Å². The van der Waals surface area contributed by atoms with Crippen LogP contribution >= 0.6 is 11.6 Å². The van der Waals surface area contributed by atoms with Crippen molar-refractivity contribution in [2.24, 2.45) is 5.92 Å². The molecule has 17 heavy (non-hydrogen) atoms. The van der Waals surface area contributed by atoms with E-state index in [9.17, 15) is 0 Å². The van der Waals surface area contributed by atoms with E-state index in [4.69, 9.17) is 11.6 Å². The lowest BCUT2D eigenvalue weighted by Crippen LogP contribution is -2.40. The Morgan fingerprint density at radius 2 is 2.18 bits per heavy atom. The maximum Gasteiger partial charge on any atom is 0.132 e. The van der Waals surface area contributed by atoms with E-state index in [1.807, 2.05) is 0 Å². The summed E-state index contributed by atoms with van der Waals surface area (Å²) >= 11 is 6.33. The Balaban J connectivity index is 2.14. The van der Waals surface area contributed by atoms with E-state index in [2.05, 4.69) is 41.7 Å². The minimum absolute atomic E-state index is 0.223. The first-order valence-electron chi connectivity index (χ1n) is 6.29. The Morgan fingerprint density at radius 1 is 1.41 bits per heavy atom. The first kappa shape index (κ1) is 12.6. The molecular weight excluding hydrogens is 234 g/mol. The van der Waals surface area contributed by atoms with Gasteiger partial charge in [-0.2, -0.15) is 0 Å². The van der Waals surface area contributed by atoms with E-state index in [1.54, 1.807) is 6.33 Å². The summed E-state index contributed by atoms with van der Waals surface area (Å²) in [5.41, 5.74) is 1.10. The van der Waals surface area contributed by atoms with Crippen molar-refractivity contribution in [3.05, 3.63) is 18.1 Å². The highest BCUT2D eigenvalue weighted by Crippen LogP contribution is 2.26. The first-order valence-corrected chi connectivity index (χ1v) is 6.72. The van der Waals surface area contributed by atoms with Crippen molar-refractivity contribution in [1.29, 1.82) is 0 Å². The van der Waals surface area contributed by atoms with Crippen molar-refractivity contribution in [3.63, 3.8) is 0 Å². The summed E-state index contributed by atoms with van der Waals surface area (Å²) in [5.74, 6) is 2.05. The smallest absolute Gasteiger partial charge is 0.132 e. The second-order valence-electron chi connectivity index (χ2n) is 5.18. The SMILES string of the molecule is CC(C)c1cc(N2CCC(C)C(Cl)C2)ncn1. The van der Waals surface area contributed by atoms with Gasteiger partial charge in [-0.05, 0) is 18.3 Å². The molecule has 2 atom stereocenters. The van der Waals surface area contributed by atoms with E-state index in [-0.39, 0.29) is 5.38 Å². The summed E-state index contributed by atoms with van der Waals surface area (Å²) in [6.45, 7) is 8.44. The zero-order valence-corrected chi connectivity index (χ0v) is 11.5. The number of anilines is 1. The molecule has 2 heterocycles. The van der Waals surface area contributed by atoms with Crippen molar-refractivity contribution in [1.82, 2.24) is 9.97 Å². The standard InChI is InChI=1S/C13H20ClN3/c1-9(2)12-6-13(16-8-15-12)17-5-4-10(3)11(14)7-17/h6,8-11H,4-5,7H2,1-3H3. The molecule has 2 unspecified atom stereocenters. The fraction of sp³-hybridized carbons (Fsp3) is 0.692. The van der Waals surface area contributed by atoms with Crippen LogP contribution in [0.1, 0.15) is 38.8 Å². The molecule has 0 saturated carbocycles. The van der Waals surface area contributed by atoms with Gasteiger partial charge in [-0.15, -0.1) is 11.6 Å². The number of hydrogen-bond acceptors (Lipinski definition) is 3. The molecule has 94 valence electrons. The molecule has 0 amide bonds. The average Bonchev–Trinajstić information content (AvgIpc) is 2.33. The Bertz CT molecular complexity index is 381. The maximum absolute atomic E-state index is 6.33. The zero-order chi connectivity index (χ0) is 12.4. The molecule has 0 aromatic carbocycles. The first-order chi connectivity index (χ1) is 8.08. The van der Waals surface area contributed by atoms with Crippen molar-refractivity contribution >= 4 is 17.4 Å². The fourth-order valence-electron chi connectivity index (χ4n) is 2.08. The highest BCUT2D eigenvalue weighted by molar-refractivity contribution is 6.21. The van der Waals surface area contributed by atoms with Gasteiger partial charge in [0.1, 0.15) is 12.1 Å². The van der Waals surface area contributed by atoms with Crippen LogP contribution in [0.4, 0.5) is 5.82 Å². The molecular formula is C13H20ClN3. The average molecular weight is 254 g/mol. The van der Waals surface area contributed by atoms with Gasteiger partial charge in [0, 0.05) is 24.8 Å². The molecule has 1 aromatic heterocycles. The van der Waals surface area contributed by atoms with Crippen molar-refractivity contribution in [2.75, 3.05) is 18.0 Å². The molecule has 1 fully saturated rings. The van der Waals surface area contributed by atoms with Crippen LogP contribution < -0.4 is 4.90 Å². The summed E-state index contributed by atoms with van der Waals surface area (Å²) < 4.78 is 0. The predicted molar refractivity (Wildman–Crippen MR) is 71.8 cm³/mol. The molecule has 0 radical (unpaired) electrons. The fourth-order valence-corrected chi connectivity index (χ4v) is 2.37. The van der Waals surface area contributed by atoms with Gasteiger partial charge in [-0.1, -0.05) is 20.8 Å². The van der Waals surface area contributed by atoms with Gasteiger partial charge >= 0.3 is 0 Å². The quantitative estimate of drug-likeness (QED) is 0.759. The molecule has 0 aliphatic carbocycles. The Labute approximate surface area is 108 Å². The second kappa shape index (κ2) is 5.21. The lowest BCUT2D eigenvalue weighted by molar-refractivity contribution is 0.443. The predicted octanol–water partition coefficient (Wildman–Crippen LogP) is 3.05. The Morgan fingerprint density at radius 3 is 2.82 bits per heavy atom. The van der Waals surface area contributed by atoms with Gasteiger partial charge in [-0.3, -0.25) is 0 Å². The van der Waals surface area contributed by atoms with E-state index in [0.717, 1.165) is 31.0 Å². The number of halogens is 1. The third kappa shape index (κ3) is 2.89. The molecule has 1 aromatic rings. The van der Waals surface area contributed by atoms with Crippen LogP contribution in [-0.4, -0.2) is 28.4 Å². The van der Waals surface area contributed by atoms with E-state index in [1.165, 1.54) is 0 Å². The summed E-state index contributed by atoms with van der Waals surface area (Å²) in [7, 11) is 0. The van der Waals surface area contributed by atoms with Crippen LogP contribution in [-0.2, 0) is 0 Å². The highest BCUT2D eigenvalue weighted by atomic mass is 35.5. The largest absolute Gasteiger partial charge is 0.355 e. The number of alkyl halides is 1. The van der Waals surface area contributed by atoms with Crippen LogP contribution in [0.5, 0.6) is 0 Å². The molecule has 0 N–H and O–H groups in total. The monoisotopic (exact) mass is 253 g/mol. The van der Waals surface area contributed by atoms with Crippen LogP contribution in [0.15, 0.2) is 12.4 Å². The summed E-state index contributed by atoms with van der Waals surface area (Å²) in [5, 5.41) is 0.223. The summed E-state index contributed by atoms with van der Waals surface area (Å²) in [4.78, 5) is 10.9. The van der Waals surface area contributed by atoms with Gasteiger partial charge in [0.05, 0.1) is 5.38 Å². The van der Waals surface area contributed by atoms with Crippen LogP contribution in [0.25, 0.3) is 0 Å². The molecule has 0 spiro atoms. The van der Waals surface area contributed by atoms with Gasteiger partial charge in [0.15, 0.2) is 0 Å². The molecule has 2 rings (SSSR count). The Kier molecular flexibility index (Phi) is 3.87. The van der Waals surface area contributed by atoms with E-state index >= 15 is 0 Å². The molecule has 0 bridgehead atoms. The lowest BCUT2D eigenvalue weighted by atomic mass is 9.98. The number of piperidine rings is 1. The number of hydrogen-bond donors (Lipinski definition) is 0. The number of aromatic nitrogens is 2. The normalized spacial score (nSPS) is 25.4. The molecule has 1 aliphatic heterocycles. The third-order valence-electron chi connectivity index (χ3n) is 3.46. The molecule has 4 heteroatoms. The second-order valence-corrected chi connectivity index (χ2v) is 5.74. The van der Waals surface area contributed by atoms with Gasteiger partial charge < -0.3 is 4.90 Å². The van der Waals surface area contributed by atoms with E-state index < -0.39 is 0 Å². The topological polar surface area (TPSA) is 29.0 Å². The number of rotatable bonds is 2. The Hall–Kier alpha value is -0.830. The molecule has 1 aliphatic rings. The number of nitrogens with zero attached hydrogens (tertiary/aromatic N) is 3.